The Hall–Kier alpha value is -1.60. The van der Waals surface area contributed by atoms with Gasteiger partial charge in [-0.2, -0.15) is 5.26 Å². The number of nitrogens with zero attached hydrogens (tertiary/aromatic N) is 3. The second kappa shape index (κ2) is 5.65. The molecule has 1 aromatic heterocycles. The summed E-state index contributed by atoms with van der Waals surface area (Å²) < 4.78 is 5.35. The van der Waals surface area contributed by atoms with Crippen LogP contribution in [0.2, 0.25) is 0 Å². The van der Waals surface area contributed by atoms with E-state index in [1.165, 1.54) is 0 Å². The molecule has 1 fully saturated rings. The maximum atomic E-state index is 8.85. The summed E-state index contributed by atoms with van der Waals surface area (Å²) in [6.45, 7) is 2.71. The number of nitriles is 1. The van der Waals surface area contributed by atoms with Gasteiger partial charge in [0.25, 0.3) is 0 Å². The maximum absolute atomic E-state index is 8.85. The summed E-state index contributed by atoms with van der Waals surface area (Å²) in [7, 11) is 2.03. The molecule has 0 atom stereocenters. The van der Waals surface area contributed by atoms with Crippen LogP contribution in [0.25, 0.3) is 0 Å². The van der Waals surface area contributed by atoms with Gasteiger partial charge in [-0.1, -0.05) is 0 Å². The lowest BCUT2D eigenvalue weighted by Crippen LogP contribution is -2.30. The first-order valence-electron chi connectivity index (χ1n) is 5.94. The van der Waals surface area contributed by atoms with Crippen LogP contribution in [0, 0.1) is 17.2 Å². The summed E-state index contributed by atoms with van der Waals surface area (Å²) in [6.07, 6.45) is 3.92. The molecule has 0 radical (unpaired) electrons. The second-order valence-electron chi connectivity index (χ2n) is 4.45. The van der Waals surface area contributed by atoms with Crippen molar-refractivity contribution in [3.63, 3.8) is 0 Å². The van der Waals surface area contributed by atoms with E-state index in [0.29, 0.717) is 11.5 Å². The lowest BCUT2D eigenvalue weighted by atomic mass is 10.00. The van der Waals surface area contributed by atoms with Crippen molar-refractivity contribution >= 4 is 5.82 Å². The molecule has 90 valence electrons. The molecular formula is C13H17N3O. The van der Waals surface area contributed by atoms with Crippen molar-refractivity contribution in [2.75, 3.05) is 31.7 Å². The van der Waals surface area contributed by atoms with Gasteiger partial charge in [0.05, 0.1) is 11.6 Å². The van der Waals surface area contributed by atoms with E-state index in [4.69, 9.17) is 10.00 Å². The third-order valence-electron chi connectivity index (χ3n) is 3.14. The summed E-state index contributed by atoms with van der Waals surface area (Å²) in [6, 6.07) is 5.70. The predicted molar refractivity (Wildman–Crippen MR) is 65.8 cm³/mol. The van der Waals surface area contributed by atoms with E-state index in [1.54, 1.807) is 12.3 Å². The second-order valence-corrected chi connectivity index (χ2v) is 4.45. The minimum Gasteiger partial charge on any atom is -0.381 e. The van der Waals surface area contributed by atoms with Crippen LogP contribution in [0.1, 0.15) is 18.4 Å². The predicted octanol–water partition coefficient (Wildman–Crippen LogP) is 1.82. The smallest absolute Gasteiger partial charge is 0.129 e. The van der Waals surface area contributed by atoms with E-state index in [2.05, 4.69) is 16.0 Å². The Labute approximate surface area is 102 Å². The molecule has 0 spiro atoms. The van der Waals surface area contributed by atoms with Gasteiger partial charge in [-0.15, -0.1) is 0 Å². The highest BCUT2D eigenvalue weighted by Crippen LogP contribution is 2.18. The molecule has 0 aromatic carbocycles. The summed E-state index contributed by atoms with van der Waals surface area (Å²) in [5.41, 5.74) is 0.661. The number of anilines is 1. The molecule has 1 aliphatic heterocycles. The fourth-order valence-corrected chi connectivity index (χ4v) is 2.11. The molecule has 1 aliphatic rings. The highest BCUT2D eigenvalue weighted by Gasteiger charge is 2.16. The molecule has 0 N–H and O–H groups in total. The topological polar surface area (TPSA) is 49.1 Å². The van der Waals surface area contributed by atoms with Gasteiger partial charge < -0.3 is 9.64 Å². The summed E-state index contributed by atoms with van der Waals surface area (Å²) in [5.74, 6) is 1.54. The zero-order valence-electron chi connectivity index (χ0n) is 10.1. The summed E-state index contributed by atoms with van der Waals surface area (Å²) in [4.78, 5) is 6.42. The van der Waals surface area contributed by atoms with Crippen molar-refractivity contribution < 1.29 is 4.74 Å². The highest BCUT2D eigenvalue weighted by atomic mass is 16.5. The van der Waals surface area contributed by atoms with E-state index in [1.807, 2.05) is 13.1 Å². The Morgan fingerprint density at radius 2 is 2.29 bits per heavy atom. The van der Waals surface area contributed by atoms with Crippen LogP contribution in [0.3, 0.4) is 0 Å². The third-order valence-corrected chi connectivity index (χ3v) is 3.14. The van der Waals surface area contributed by atoms with Crippen LogP contribution in [0.15, 0.2) is 18.3 Å². The molecule has 0 saturated carbocycles. The zero-order valence-corrected chi connectivity index (χ0v) is 10.1. The van der Waals surface area contributed by atoms with Gasteiger partial charge in [0, 0.05) is 33.0 Å². The Bertz CT molecular complexity index is 407. The minimum absolute atomic E-state index is 0.661. The normalized spacial score (nSPS) is 16.5. The van der Waals surface area contributed by atoms with E-state index in [0.717, 1.165) is 38.4 Å². The van der Waals surface area contributed by atoms with Gasteiger partial charge in [0.1, 0.15) is 5.82 Å². The number of hydrogen-bond donors (Lipinski definition) is 0. The molecule has 1 aromatic rings. The van der Waals surface area contributed by atoms with Gasteiger partial charge in [-0.3, -0.25) is 0 Å². The molecule has 4 heteroatoms. The maximum Gasteiger partial charge on any atom is 0.129 e. The molecule has 2 rings (SSSR count). The van der Waals surface area contributed by atoms with Crippen LogP contribution in [0.4, 0.5) is 5.82 Å². The number of aromatic nitrogens is 1. The summed E-state index contributed by atoms with van der Waals surface area (Å²) in [5, 5.41) is 8.85. The Morgan fingerprint density at radius 1 is 1.53 bits per heavy atom. The lowest BCUT2D eigenvalue weighted by molar-refractivity contribution is 0.0685. The first kappa shape index (κ1) is 11.9. The van der Waals surface area contributed by atoms with Gasteiger partial charge >= 0.3 is 0 Å². The monoisotopic (exact) mass is 231 g/mol. The minimum atomic E-state index is 0.661. The first-order chi connectivity index (χ1) is 8.29. The number of hydrogen-bond acceptors (Lipinski definition) is 4. The fourth-order valence-electron chi connectivity index (χ4n) is 2.11. The van der Waals surface area contributed by atoms with Crippen molar-refractivity contribution in [3.05, 3.63) is 23.9 Å². The van der Waals surface area contributed by atoms with E-state index < -0.39 is 0 Å². The molecule has 0 amide bonds. The highest BCUT2D eigenvalue weighted by molar-refractivity contribution is 5.44. The van der Waals surface area contributed by atoms with Crippen molar-refractivity contribution in [1.29, 1.82) is 5.26 Å². The number of pyridine rings is 1. The average molecular weight is 231 g/mol. The quantitative estimate of drug-likeness (QED) is 0.796. The van der Waals surface area contributed by atoms with E-state index in [9.17, 15) is 0 Å². The molecule has 0 bridgehead atoms. The Morgan fingerprint density at radius 3 is 3.00 bits per heavy atom. The largest absolute Gasteiger partial charge is 0.381 e. The average Bonchev–Trinajstić information content (AvgIpc) is 2.40. The van der Waals surface area contributed by atoms with Crippen LogP contribution in [-0.2, 0) is 4.74 Å². The number of rotatable bonds is 3. The third kappa shape index (κ3) is 3.18. The van der Waals surface area contributed by atoms with Crippen molar-refractivity contribution in [1.82, 2.24) is 4.98 Å². The standard InChI is InChI=1S/C13H17N3O/c1-16(10-11-3-6-17-7-4-11)13-8-12(9-14)2-5-15-13/h2,5,8,11H,3-4,6-7,10H2,1H3. The van der Waals surface area contributed by atoms with Crippen LogP contribution >= 0.6 is 0 Å². The Kier molecular flexibility index (Phi) is 3.94. The first-order valence-corrected chi connectivity index (χ1v) is 5.94. The van der Waals surface area contributed by atoms with Crippen LogP contribution in [0.5, 0.6) is 0 Å². The zero-order chi connectivity index (χ0) is 12.1. The number of ether oxygens (including phenoxy) is 1. The fraction of sp³-hybridized carbons (Fsp3) is 0.538. The van der Waals surface area contributed by atoms with Crippen molar-refractivity contribution in [2.45, 2.75) is 12.8 Å². The molecule has 4 nitrogen and oxygen atoms in total. The van der Waals surface area contributed by atoms with Gasteiger partial charge in [0.15, 0.2) is 0 Å². The van der Waals surface area contributed by atoms with E-state index in [-0.39, 0.29) is 0 Å². The molecule has 1 saturated heterocycles. The van der Waals surface area contributed by atoms with Gasteiger partial charge in [-0.05, 0) is 30.9 Å². The van der Waals surface area contributed by atoms with Crippen LogP contribution in [-0.4, -0.2) is 31.8 Å². The molecule has 0 unspecified atom stereocenters. The molecular weight excluding hydrogens is 214 g/mol. The summed E-state index contributed by atoms with van der Waals surface area (Å²) >= 11 is 0. The SMILES string of the molecule is CN(CC1CCOCC1)c1cc(C#N)ccn1. The van der Waals surface area contributed by atoms with Gasteiger partial charge in [-0.25, -0.2) is 4.98 Å². The van der Waals surface area contributed by atoms with Crippen molar-refractivity contribution in [2.24, 2.45) is 5.92 Å². The van der Waals surface area contributed by atoms with E-state index >= 15 is 0 Å². The lowest BCUT2D eigenvalue weighted by Gasteiger charge is -2.27. The van der Waals surface area contributed by atoms with Crippen molar-refractivity contribution in [3.8, 4) is 6.07 Å². The van der Waals surface area contributed by atoms with Gasteiger partial charge in [0.2, 0.25) is 0 Å². The molecule has 2 heterocycles. The van der Waals surface area contributed by atoms with Crippen LogP contribution < -0.4 is 4.90 Å². The molecule has 0 aliphatic carbocycles. The Balaban J connectivity index is 1.98. The molecule has 17 heavy (non-hydrogen) atoms.